The third-order valence-corrected chi connectivity index (χ3v) is 5.80. The van der Waals surface area contributed by atoms with Gasteiger partial charge in [0, 0.05) is 28.2 Å². The Morgan fingerprint density at radius 2 is 1.73 bits per heavy atom. The first kappa shape index (κ1) is 20.7. The molecule has 33 heavy (non-hydrogen) atoms. The van der Waals surface area contributed by atoms with Crippen LogP contribution in [-0.4, -0.2) is 21.4 Å². The summed E-state index contributed by atoms with van der Waals surface area (Å²) in [5.41, 5.74) is 4.46. The van der Waals surface area contributed by atoms with E-state index in [9.17, 15) is 14.0 Å². The van der Waals surface area contributed by atoms with E-state index in [0.29, 0.717) is 12.1 Å². The molecule has 164 valence electrons. The van der Waals surface area contributed by atoms with Crippen molar-refractivity contribution in [1.82, 2.24) is 14.8 Å². The second kappa shape index (κ2) is 8.39. The Labute approximate surface area is 190 Å². The minimum Gasteiger partial charge on any atom is -0.342 e. The topological polar surface area (TPSA) is 54.3 Å². The Balaban J connectivity index is 1.47. The molecule has 1 fully saturated rings. The molecular formula is C27H22FN3O2. The summed E-state index contributed by atoms with van der Waals surface area (Å²) in [4.78, 5) is 26.7. The average Bonchev–Trinajstić information content (AvgIpc) is 3.28. The number of para-hydroxylation sites is 1. The predicted molar refractivity (Wildman–Crippen MR) is 126 cm³/mol. The quantitative estimate of drug-likeness (QED) is 0.342. The molecule has 0 bridgehead atoms. The number of hydrogen-bond donors (Lipinski definition) is 1. The van der Waals surface area contributed by atoms with Gasteiger partial charge < -0.3 is 9.88 Å². The van der Waals surface area contributed by atoms with Gasteiger partial charge in [-0.25, -0.2) is 9.18 Å². The average molecular weight is 439 g/mol. The molecule has 5 nitrogen and oxygen atoms in total. The molecule has 1 aliphatic rings. The first-order chi connectivity index (χ1) is 16.0. The summed E-state index contributed by atoms with van der Waals surface area (Å²) >= 11 is 0. The van der Waals surface area contributed by atoms with Crippen LogP contribution in [0, 0.1) is 12.7 Å². The van der Waals surface area contributed by atoms with Gasteiger partial charge in [-0.3, -0.25) is 9.69 Å². The van der Waals surface area contributed by atoms with Gasteiger partial charge in [-0.15, -0.1) is 0 Å². The minimum atomic E-state index is -0.442. The largest absolute Gasteiger partial charge is 0.342 e. The number of carbonyl (C=O) groups excluding carboxylic acids is 2. The number of fused-ring (bicyclic) bond motifs is 1. The standard InChI is InChI=1S/C27H22FN3O2/c1-18-7-6-8-19(13-18)15-31-26(32)24(29-27(31)33)14-21-17-30(25-12-5-3-10-22(21)25)16-20-9-2-4-11-23(20)28/h2-14,17H,15-16H2,1H3,(H,29,33)/b24-14+. The van der Waals surface area contributed by atoms with Gasteiger partial charge in [0.05, 0.1) is 13.1 Å². The van der Waals surface area contributed by atoms with E-state index in [1.807, 2.05) is 72.3 Å². The number of nitrogens with one attached hydrogen (secondary N) is 1. The smallest absolute Gasteiger partial charge is 0.329 e. The summed E-state index contributed by atoms with van der Waals surface area (Å²) < 4.78 is 16.2. The molecular weight excluding hydrogens is 417 g/mol. The van der Waals surface area contributed by atoms with Crippen LogP contribution in [0.4, 0.5) is 9.18 Å². The number of nitrogens with zero attached hydrogens (tertiary/aromatic N) is 2. The lowest BCUT2D eigenvalue weighted by molar-refractivity contribution is -0.123. The van der Waals surface area contributed by atoms with E-state index < -0.39 is 6.03 Å². The summed E-state index contributed by atoms with van der Waals surface area (Å²) in [5, 5.41) is 3.62. The molecule has 0 spiro atoms. The fraction of sp³-hybridized carbons (Fsp3) is 0.111. The molecule has 1 aromatic heterocycles. The molecule has 3 aromatic carbocycles. The van der Waals surface area contributed by atoms with Crippen LogP contribution in [0.25, 0.3) is 17.0 Å². The summed E-state index contributed by atoms with van der Waals surface area (Å²) in [6.07, 6.45) is 3.57. The molecule has 0 atom stereocenters. The number of aryl methyl sites for hydroxylation is 1. The zero-order valence-corrected chi connectivity index (χ0v) is 18.1. The van der Waals surface area contributed by atoms with Gasteiger partial charge in [0.1, 0.15) is 11.5 Å². The fourth-order valence-corrected chi connectivity index (χ4v) is 4.19. The molecule has 5 rings (SSSR count). The van der Waals surface area contributed by atoms with E-state index in [1.165, 1.54) is 11.0 Å². The molecule has 0 unspecified atom stereocenters. The van der Waals surface area contributed by atoms with E-state index >= 15 is 0 Å². The monoisotopic (exact) mass is 439 g/mol. The Morgan fingerprint density at radius 3 is 2.55 bits per heavy atom. The number of amides is 3. The number of carbonyl (C=O) groups is 2. The number of halogens is 1. The molecule has 6 heteroatoms. The Hall–Kier alpha value is -4.19. The van der Waals surface area contributed by atoms with E-state index in [2.05, 4.69) is 5.32 Å². The third-order valence-electron chi connectivity index (χ3n) is 5.80. The molecule has 2 heterocycles. The maximum atomic E-state index is 14.2. The highest BCUT2D eigenvalue weighted by atomic mass is 19.1. The molecule has 1 N–H and O–H groups in total. The number of hydrogen-bond acceptors (Lipinski definition) is 2. The predicted octanol–water partition coefficient (Wildman–Crippen LogP) is 5.23. The molecule has 1 aliphatic heterocycles. The number of rotatable bonds is 5. The van der Waals surface area contributed by atoms with Gasteiger partial charge in [0.15, 0.2) is 0 Å². The summed E-state index contributed by atoms with van der Waals surface area (Å²) in [7, 11) is 0. The maximum Gasteiger partial charge on any atom is 0.329 e. The highest BCUT2D eigenvalue weighted by Crippen LogP contribution is 2.26. The zero-order chi connectivity index (χ0) is 22.9. The van der Waals surface area contributed by atoms with Crippen molar-refractivity contribution in [3.8, 4) is 0 Å². The number of urea groups is 1. The Morgan fingerprint density at radius 1 is 0.939 bits per heavy atom. The van der Waals surface area contributed by atoms with Gasteiger partial charge in [-0.05, 0) is 30.7 Å². The molecule has 4 aromatic rings. The molecule has 3 amide bonds. The van der Waals surface area contributed by atoms with Crippen LogP contribution in [0.3, 0.4) is 0 Å². The summed E-state index contributed by atoms with van der Waals surface area (Å²) in [5.74, 6) is -0.632. The Bertz CT molecular complexity index is 1420. The normalized spacial score (nSPS) is 15.0. The van der Waals surface area contributed by atoms with Crippen molar-refractivity contribution < 1.29 is 14.0 Å². The zero-order valence-electron chi connectivity index (χ0n) is 18.1. The summed E-state index contributed by atoms with van der Waals surface area (Å²) in [6, 6.07) is 21.7. The van der Waals surface area contributed by atoms with Gasteiger partial charge in [-0.2, -0.15) is 0 Å². The van der Waals surface area contributed by atoms with Gasteiger partial charge >= 0.3 is 6.03 Å². The van der Waals surface area contributed by atoms with Gasteiger partial charge in [0.25, 0.3) is 5.91 Å². The van der Waals surface area contributed by atoms with Crippen molar-refractivity contribution >= 4 is 28.9 Å². The fourth-order valence-electron chi connectivity index (χ4n) is 4.19. The molecule has 0 saturated carbocycles. The SMILES string of the molecule is Cc1cccc(CN2C(=O)N/C(=C/c3cn(Cc4ccccc4F)c4ccccc34)C2=O)c1. The lowest BCUT2D eigenvalue weighted by atomic mass is 10.1. The molecule has 0 radical (unpaired) electrons. The molecule has 0 aliphatic carbocycles. The highest BCUT2D eigenvalue weighted by Gasteiger charge is 2.33. The lowest BCUT2D eigenvalue weighted by Gasteiger charge is -2.12. The van der Waals surface area contributed by atoms with E-state index in [-0.39, 0.29) is 24.0 Å². The second-order valence-corrected chi connectivity index (χ2v) is 8.19. The van der Waals surface area contributed by atoms with Crippen LogP contribution in [0.15, 0.2) is 84.7 Å². The number of imide groups is 1. The van der Waals surface area contributed by atoms with Crippen LogP contribution in [0.5, 0.6) is 0 Å². The second-order valence-electron chi connectivity index (χ2n) is 8.19. The third kappa shape index (κ3) is 4.03. The maximum absolute atomic E-state index is 14.2. The van der Waals surface area contributed by atoms with Crippen LogP contribution in [0.1, 0.15) is 22.3 Å². The number of benzene rings is 3. The van der Waals surface area contributed by atoms with Gasteiger partial charge in [-0.1, -0.05) is 66.2 Å². The van der Waals surface area contributed by atoms with Crippen molar-refractivity contribution in [2.45, 2.75) is 20.0 Å². The van der Waals surface area contributed by atoms with E-state index in [0.717, 1.165) is 27.6 Å². The minimum absolute atomic E-state index is 0.207. The lowest BCUT2D eigenvalue weighted by Crippen LogP contribution is -2.30. The van der Waals surface area contributed by atoms with Crippen LogP contribution in [0.2, 0.25) is 0 Å². The van der Waals surface area contributed by atoms with Crippen LogP contribution < -0.4 is 5.32 Å². The van der Waals surface area contributed by atoms with E-state index in [1.54, 1.807) is 18.2 Å². The number of aromatic nitrogens is 1. The van der Waals surface area contributed by atoms with Crippen molar-refractivity contribution in [2.24, 2.45) is 0 Å². The summed E-state index contributed by atoms with van der Waals surface area (Å²) in [6.45, 7) is 2.53. The molecule has 1 saturated heterocycles. The van der Waals surface area contributed by atoms with Crippen molar-refractivity contribution in [3.05, 3.63) is 113 Å². The van der Waals surface area contributed by atoms with Crippen molar-refractivity contribution in [2.75, 3.05) is 0 Å². The Kier molecular flexibility index (Phi) is 5.26. The van der Waals surface area contributed by atoms with Crippen molar-refractivity contribution in [1.29, 1.82) is 0 Å². The first-order valence-electron chi connectivity index (χ1n) is 10.7. The van der Waals surface area contributed by atoms with Crippen molar-refractivity contribution in [3.63, 3.8) is 0 Å². The van der Waals surface area contributed by atoms with Gasteiger partial charge in [0.2, 0.25) is 0 Å². The van der Waals surface area contributed by atoms with Crippen LogP contribution in [-0.2, 0) is 17.9 Å². The van der Waals surface area contributed by atoms with E-state index in [4.69, 9.17) is 0 Å². The van der Waals surface area contributed by atoms with Crippen LogP contribution >= 0.6 is 0 Å². The first-order valence-corrected chi connectivity index (χ1v) is 10.7. The highest BCUT2D eigenvalue weighted by molar-refractivity contribution is 6.14.